The van der Waals surface area contributed by atoms with Gasteiger partial charge in [0.15, 0.2) is 0 Å². The zero-order valence-electron chi connectivity index (χ0n) is 12.2. The first-order valence-corrected chi connectivity index (χ1v) is 7.23. The molecule has 1 aliphatic rings. The van der Waals surface area contributed by atoms with Crippen LogP contribution in [0.3, 0.4) is 0 Å². The Morgan fingerprint density at radius 3 is 2.77 bits per heavy atom. The third-order valence-electron chi connectivity index (χ3n) is 3.88. The number of aromatic nitrogens is 2. The molecule has 0 atom stereocenters. The van der Waals surface area contributed by atoms with E-state index in [4.69, 9.17) is 5.73 Å². The Labute approximate surface area is 127 Å². The van der Waals surface area contributed by atoms with Crippen LogP contribution in [0.1, 0.15) is 11.3 Å². The van der Waals surface area contributed by atoms with E-state index in [2.05, 4.69) is 10.00 Å². The Bertz CT molecular complexity index is 676. The van der Waals surface area contributed by atoms with Gasteiger partial charge in [-0.25, -0.2) is 8.78 Å². The van der Waals surface area contributed by atoms with Gasteiger partial charge < -0.3 is 10.6 Å². The molecule has 0 amide bonds. The summed E-state index contributed by atoms with van der Waals surface area (Å²) in [6.07, 6.45) is 3.30. The fourth-order valence-electron chi connectivity index (χ4n) is 2.68. The second-order valence-electron chi connectivity index (χ2n) is 5.42. The monoisotopic (exact) mass is 304 g/mol. The standard InChI is InChI=1S/C16H18F2N4/c17-7-12(8-19)9-22-11-13-10-21(6-5-16(13)20-22)15-3-1-14(18)2-4-15/h1-4,7,11H,5-6,8-10,19H2. The van der Waals surface area contributed by atoms with Crippen LogP contribution in [0.5, 0.6) is 0 Å². The molecule has 1 aliphatic heterocycles. The zero-order valence-corrected chi connectivity index (χ0v) is 12.2. The molecule has 0 unspecified atom stereocenters. The first-order valence-electron chi connectivity index (χ1n) is 7.23. The van der Waals surface area contributed by atoms with Crippen LogP contribution in [0.2, 0.25) is 0 Å². The van der Waals surface area contributed by atoms with Crippen molar-refractivity contribution in [1.82, 2.24) is 9.78 Å². The van der Waals surface area contributed by atoms with Crippen molar-refractivity contribution in [3.63, 3.8) is 0 Å². The Balaban J connectivity index is 1.75. The number of rotatable bonds is 4. The van der Waals surface area contributed by atoms with Crippen molar-refractivity contribution in [3.05, 3.63) is 59.4 Å². The van der Waals surface area contributed by atoms with Crippen LogP contribution in [0.4, 0.5) is 14.5 Å². The fourth-order valence-corrected chi connectivity index (χ4v) is 2.68. The van der Waals surface area contributed by atoms with Gasteiger partial charge in [-0.2, -0.15) is 5.10 Å². The van der Waals surface area contributed by atoms with Crippen molar-refractivity contribution in [2.45, 2.75) is 19.5 Å². The van der Waals surface area contributed by atoms with Crippen molar-refractivity contribution in [2.75, 3.05) is 18.0 Å². The van der Waals surface area contributed by atoms with Crippen LogP contribution in [0, 0.1) is 5.82 Å². The minimum absolute atomic E-state index is 0.183. The summed E-state index contributed by atoms with van der Waals surface area (Å²) in [4.78, 5) is 2.18. The third kappa shape index (κ3) is 3.01. The first kappa shape index (κ1) is 14.7. The average molecular weight is 304 g/mol. The Morgan fingerprint density at radius 2 is 2.09 bits per heavy atom. The second kappa shape index (κ2) is 6.27. The summed E-state index contributed by atoms with van der Waals surface area (Å²) in [5.41, 5.74) is 9.13. The summed E-state index contributed by atoms with van der Waals surface area (Å²) in [5, 5.41) is 4.50. The number of benzene rings is 1. The lowest BCUT2D eigenvalue weighted by Gasteiger charge is -2.28. The minimum Gasteiger partial charge on any atom is -0.367 e. The number of anilines is 1. The molecular weight excluding hydrogens is 286 g/mol. The fraction of sp³-hybridized carbons (Fsp3) is 0.312. The lowest BCUT2D eigenvalue weighted by atomic mass is 10.1. The summed E-state index contributed by atoms with van der Waals surface area (Å²) in [6.45, 7) is 2.11. The van der Waals surface area contributed by atoms with Crippen molar-refractivity contribution >= 4 is 5.69 Å². The van der Waals surface area contributed by atoms with E-state index in [0.717, 1.165) is 36.5 Å². The van der Waals surface area contributed by atoms with Crippen molar-refractivity contribution in [3.8, 4) is 0 Å². The molecule has 4 nitrogen and oxygen atoms in total. The highest BCUT2D eigenvalue weighted by Gasteiger charge is 2.20. The number of hydrogen-bond acceptors (Lipinski definition) is 3. The highest BCUT2D eigenvalue weighted by Crippen LogP contribution is 2.24. The normalized spacial score (nSPS) is 15.0. The van der Waals surface area contributed by atoms with E-state index >= 15 is 0 Å². The van der Waals surface area contributed by atoms with Gasteiger partial charge in [-0.15, -0.1) is 0 Å². The van der Waals surface area contributed by atoms with Gasteiger partial charge in [0.25, 0.3) is 0 Å². The molecule has 22 heavy (non-hydrogen) atoms. The summed E-state index contributed by atoms with van der Waals surface area (Å²) < 4.78 is 27.4. The average Bonchev–Trinajstić information content (AvgIpc) is 2.94. The van der Waals surface area contributed by atoms with E-state index in [-0.39, 0.29) is 12.4 Å². The van der Waals surface area contributed by atoms with Crippen molar-refractivity contribution in [1.29, 1.82) is 0 Å². The van der Waals surface area contributed by atoms with E-state index in [1.54, 1.807) is 16.8 Å². The molecule has 0 saturated heterocycles. The van der Waals surface area contributed by atoms with E-state index in [1.165, 1.54) is 12.1 Å². The molecule has 0 radical (unpaired) electrons. The van der Waals surface area contributed by atoms with Crippen LogP contribution in [0.15, 0.2) is 42.4 Å². The summed E-state index contributed by atoms with van der Waals surface area (Å²) in [5.74, 6) is -0.235. The Morgan fingerprint density at radius 1 is 1.32 bits per heavy atom. The SMILES string of the molecule is NCC(=CF)Cn1cc2c(n1)CCN(c1ccc(F)cc1)C2. The topological polar surface area (TPSA) is 47.1 Å². The molecule has 0 fully saturated rings. The smallest absolute Gasteiger partial charge is 0.123 e. The van der Waals surface area contributed by atoms with E-state index in [0.29, 0.717) is 18.4 Å². The predicted molar refractivity (Wildman–Crippen MR) is 81.6 cm³/mol. The lowest BCUT2D eigenvalue weighted by molar-refractivity contribution is 0.622. The molecule has 0 bridgehead atoms. The molecule has 2 N–H and O–H groups in total. The molecular formula is C16H18F2N4. The third-order valence-corrected chi connectivity index (χ3v) is 3.88. The van der Waals surface area contributed by atoms with Gasteiger partial charge in [0.05, 0.1) is 18.6 Å². The number of halogens is 2. The minimum atomic E-state index is -0.235. The molecule has 1 aromatic heterocycles. The number of nitrogens with two attached hydrogens (primary N) is 1. The molecule has 2 aromatic rings. The summed E-state index contributed by atoms with van der Waals surface area (Å²) in [6, 6.07) is 6.49. The Kier molecular flexibility index (Phi) is 4.20. The van der Waals surface area contributed by atoms with Gasteiger partial charge in [-0.05, 0) is 29.8 Å². The molecule has 0 saturated carbocycles. The number of hydrogen-bond donors (Lipinski definition) is 1. The molecule has 2 heterocycles. The highest BCUT2D eigenvalue weighted by atomic mass is 19.1. The highest BCUT2D eigenvalue weighted by molar-refractivity contribution is 5.48. The van der Waals surface area contributed by atoms with Crippen LogP contribution in [0.25, 0.3) is 0 Å². The maximum atomic E-state index is 13.0. The summed E-state index contributed by atoms with van der Waals surface area (Å²) in [7, 11) is 0. The zero-order chi connectivity index (χ0) is 15.5. The molecule has 0 aliphatic carbocycles. The van der Waals surface area contributed by atoms with E-state index in [9.17, 15) is 8.78 Å². The van der Waals surface area contributed by atoms with Crippen LogP contribution >= 0.6 is 0 Å². The molecule has 0 spiro atoms. The van der Waals surface area contributed by atoms with Crippen molar-refractivity contribution < 1.29 is 8.78 Å². The van der Waals surface area contributed by atoms with Gasteiger partial charge in [0.2, 0.25) is 0 Å². The quantitative estimate of drug-likeness (QED) is 0.943. The largest absolute Gasteiger partial charge is 0.367 e. The summed E-state index contributed by atoms with van der Waals surface area (Å²) >= 11 is 0. The Hall–Kier alpha value is -2.21. The van der Waals surface area contributed by atoms with Gasteiger partial charge in [-0.3, -0.25) is 4.68 Å². The van der Waals surface area contributed by atoms with Crippen LogP contribution in [-0.2, 0) is 19.5 Å². The second-order valence-corrected chi connectivity index (χ2v) is 5.42. The van der Waals surface area contributed by atoms with Gasteiger partial charge in [0.1, 0.15) is 5.82 Å². The molecule has 6 heteroatoms. The molecule has 1 aromatic carbocycles. The maximum absolute atomic E-state index is 13.0. The van der Waals surface area contributed by atoms with Crippen LogP contribution in [-0.4, -0.2) is 22.9 Å². The maximum Gasteiger partial charge on any atom is 0.123 e. The van der Waals surface area contributed by atoms with Gasteiger partial charge in [-0.1, -0.05) is 0 Å². The molecule has 3 rings (SSSR count). The molecule has 116 valence electrons. The van der Waals surface area contributed by atoms with E-state index < -0.39 is 0 Å². The lowest BCUT2D eigenvalue weighted by Crippen LogP contribution is -2.29. The first-order chi connectivity index (χ1) is 10.7. The van der Waals surface area contributed by atoms with Gasteiger partial charge >= 0.3 is 0 Å². The number of nitrogens with zero attached hydrogens (tertiary/aromatic N) is 3. The van der Waals surface area contributed by atoms with Crippen molar-refractivity contribution in [2.24, 2.45) is 5.73 Å². The number of fused-ring (bicyclic) bond motifs is 1. The predicted octanol–water partition coefficient (Wildman–Crippen LogP) is 2.40. The van der Waals surface area contributed by atoms with Crippen LogP contribution < -0.4 is 10.6 Å². The van der Waals surface area contributed by atoms with E-state index in [1.807, 2.05) is 6.20 Å². The van der Waals surface area contributed by atoms with Gasteiger partial charge in [0, 0.05) is 43.5 Å².